The summed E-state index contributed by atoms with van der Waals surface area (Å²) in [4.78, 5) is 37.4. The van der Waals surface area contributed by atoms with Crippen LogP contribution in [0.25, 0.3) is 0 Å². The molecule has 0 fully saturated rings. The zero-order valence-electron chi connectivity index (χ0n) is 16.8. The third-order valence-corrected chi connectivity index (χ3v) is 6.48. The molecular weight excluding hydrogens is 400 g/mol. The van der Waals surface area contributed by atoms with Crippen molar-refractivity contribution < 1.29 is 19.5 Å². The van der Waals surface area contributed by atoms with Gasteiger partial charge in [-0.05, 0) is 43.5 Å². The van der Waals surface area contributed by atoms with Gasteiger partial charge in [0, 0.05) is 15.9 Å². The van der Waals surface area contributed by atoms with Gasteiger partial charge in [-0.25, -0.2) is 0 Å². The van der Waals surface area contributed by atoms with Gasteiger partial charge in [0.05, 0.1) is 16.5 Å². The van der Waals surface area contributed by atoms with Crippen LogP contribution in [0, 0.1) is 11.3 Å². The zero-order valence-corrected chi connectivity index (χ0v) is 17.7. The van der Waals surface area contributed by atoms with Gasteiger partial charge < -0.3 is 16.2 Å². The van der Waals surface area contributed by atoms with Crippen LogP contribution in [0.2, 0.25) is 0 Å². The minimum absolute atomic E-state index is 0.244. The van der Waals surface area contributed by atoms with E-state index in [1.54, 1.807) is 25.2 Å². The Morgan fingerprint density at radius 1 is 1.37 bits per heavy atom. The maximum absolute atomic E-state index is 12.7. The molecular formula is C23H24N2O4S. The number of hydrogen-bond acceptors (Lipinski definition) is 4. The number of carboxylic acid groups (broad SMARTS) is 1. The Bertz CT molecular complexity index is 1020. The van der Waals surface area contributed by atoms with Gasteiger partial charge in [-0.15, -0.1) is 0 Å². The minimum atomic E-state index is -0.915. The minimum Gasteiger partial charge on any atom is -0.481 e. The lowest BCUT2D eigenvalue weighted by atomic mass is 9.68. The van der Waals surface area contributed by atoms with Gasteiger partial charge in [-0.1, -0.05) is 55.1 Å². The molecule has 0 spiro atoms. The number of carboxylic acids is 1. The standard InChI is InChI=1S/C23H24N2O4S/c1-3-16(22(28)29)23(10-8-15(9-11-23)12-14(2)20(24)26)13-19-21(27)25-17-6-4-5-7-18(17)30-19/h4-10,12-13,16H,3,11H2,1-2H3,(H2,24,26)(H,25,27)(H,28,29)/b14-12+,19-13-. The SMILES string of the molecule is CCC(C(=O)O)C1(/C=C2\Sc3ccccc3NC2=O)C=CC(/C=C(\C)C(N)=O)=CC1. The number of aliphatic carboxylic acids is 1. The fourth-order valence-corrected chi connectivity index (χ4v) is 4.74. The van der Waals surface area contributed by atoms with Gasteiger partial charge in [0.15, 0.2) is 0 Å². The number of thioether (sulfide) groups is 1. The molecule has 30 heavy (non-hydrogen) atoms. The van der Waals surface area contributed by atoms with Crippen molar-refractivity contribution in [3.63, 3.8) is 0 Å². The van der Waals surface area contributed by atoms with E-state index >= 15 is 0 Å². The van der Waals surface area contributed by atoms with Gasteiger partial charge >= 0.3 is 5.97 Å². The van der Waals surface area contributed by atoms with Crippen LogP contribution in [0.5, 0.6) is 0 Å². The molecule has 0 aromatic heterocycles. The van der Waals surface area contributed by atoms with Crippen LogP contribution >= 0.6 is 11.8 Å². The summed E-state index contributed by atoms with van der Waals surface area (Å²) >= 11 is 1.34. The number of nitrogens with one attached hydrogen (secondary N) is 1. The van der Waals surface area contributed by atoms with E-state index in [9.17, 15) is 19.5 Å². The van der Waals surface area contributed by atoms with Crippen molar-refractivity contribution in [1.29, 1.82) is 0 Å². The first kappa shape index (κ1) is 21.6. The van der Waals surface area contributed by atoms with E-state index in [-0.39, 0.29) is 5.91 Å². The van der Waals surface area contributed by atoms with Crippen molar-refractivity contribution in [3.05, 3.63) is 70.7 Å². The molecule has 2 aliphatic rings. The Kier molecular flexibility index (Phi) is 6.31. The molecule has 3 rings (SSSR count). The Morgan fingerprint density at radius 3 is 2.70 bits per heavy atom. The number of rotatable bonds is 6. The van der Waals surface area contributed by atoms with Gasteiger partial charge in [-0.2, -0.15) is 0 Å². The first-order valence-corrected chi connectivity index (χ1v) is 10.5. The maximum Gasteiger partial charge on any atom is 0.307 e. The fourth-order valence-electron chi connectivity index (χ4n) is 3.71. The number of amides is 2. The number of allylic oxidation sites excluding steroid dienone is 6. The Balaban J connectivity index is 2.01. The molecule has 0 bridgehead atoms. The van der Waals surface area contributed by atoms with Crippen LogP contribution in [0.1, 0.15) is 26.7 Å². The Labute approximate surface area is 179 Å². The highest BCUT2D eigenvalue weighted by atomic mass is 32.2. The van der Waals surface area contributed by atoms with E-state index in [2.05, 4.69) is 5.32 Å². The van der Waals surface area contributed by atoms with E-state index in [0.29, 0.717) is 23.3 Å². The molecule has 1 aliphatic heterocycles. The predicted octanol–water partition coefficient (Wildman–Crippen LogP) is 4.03. The predicted molar refractivity (Wildman–Crippen MR) is 118 cm³/mol. The first-order chi connectivity index (χ1) is 14.3. The summed E-state index contributed by atoms with van der Waals surface area (Å²) in [5, 5.41) is 12.7. The van der Waals surface area contributed by atoms with Gasteiger partial charge in [0.25, 0.3) is 5.91 Å². The molecule has 6 nitrogen and oxygen atoms in total. The zero-order chi connectivity index (χ0) is 21.9. The van der Waals surface area contributed by atoms with Crippen LogP contribution < -0.4 is 11.1 Å². The first-order valence-electron chi connectivity index (χ1n) is 9.67. The molecule has 1 aliphatic carbocycles. The summed E-state index contributed by atoms with van der Waals surface area (Å²) in [5.41, 5.74) is 6.39. The van der Waals surface area contributed by atoms with Crippen molar-refractivity contribution in [3.8, 4) is 0 Å². The maximum atomic E-state index is 12.7. The number of carbonyl (C=O) groups is 3. The van der Waals surface area contributed by atoms with Crippen molar-refractivity contribution in [1.82, 2.24) is 0 Å². The van der Waals surface area contributed by atoms with Crippen molar-refractivity contribution in [2.45, 2.75) is 31.6 Å². The van der Waals surface area contributed by atoms with Crippen LogP contribution in [0.15, 0.2) is 75.6 Å². The molecule has 0 radical (unpaired) electrons. The monoisotopic (exact) mass is 424 g/mol. The highest BCUT2D eigenvalue weighted by Crippen LogP contribution is 2.46. The number of nitrogens with two attached hydrogens (primary N) is 1. The number of hydrogen-bond donors (Lipinski definition) is 3. The highest BCUT2D eigenvalue weighted by Gasteiger charge is 2.40. The number of carbonyl (C=O) groups excluding carboxylic acids is 2. The van der Waals surface area contributed by atoms with Crippen molar-refractivity contribution in [2.24, 2.45) is 17.1 Å². The Hall–Kier alpha value is -3.06. The molecule has 1 aromatic rings. The lowest BCUT2D eigenvalue weighted by molar-refractivity contribution is -0.144. The molecule has 0 saturated heterocycles. The van der Waals surface area contributed by atoms with Crippen LogP contribution in [0.4, 0.5) is 5.69 Å². The summed E-state index contributed by atoms with van der Waals surface area (Å²) in [5.74, 6) is -2.37. The second kappa shape index (κ2) is 8.75. The van der Waals surface area contributed by atoms with Crippen LogP contribution in [-0.4, -0.2) is 22.9 Å². The summed E-state index contributed by atoms with van der Waals surface area (Å²) in [7, 11) is 0. The quantitative estimate of drug-likeness (QED) is 0.597. The second-order valence-corrected chi connectivity index (χ2v) is 8.49. The smallest absolute Gasteiger partial charge is 0.307 e. The lowest BCUT2D eigenvalue weighted by Crippen LogP contribution is -2.34. The van der Waals surface area contributed by atoms with Gasteiger partial charge in [0.2, 0.25) is 5.91 Å². The molecule has 156 valence electrons. The molecule has 2 atom stereocenters. The van der Waals surface area contributed by atoms with Gasteiger partial charge in [-0.3, -0.25) is 14.4 Å². The molecule has 2 amide bonds. The van der Waals surface area contributed by atoms with Gasteiger partial charge in [0.1, 0.15) is 0 Å². The van der Waals surface area contributed by atoms with E-state index in [4.69, 9.17) is 5.73 Å². The third kappa shape index (κ3) is 4.41. The van der Waals surface area contributed by atoms with Crippen LogP contribution in [-0.2, 0) is 14.4 Å². The summed E-state index contributed by atoms with van der Waals surface area (Å²) in [6, 6.07) is 7.50. The molecule has 0 saturated carbocycles. The van der Waals surface area contributed by atoms with E-state index in [1.807, 2.05) is 43.3 Å². The second-order valence-electron chi connectivity index (χ2n) is 7.41. The average Bonchev–Trinajstić information content (AvgIpc) is 2.70. The molecule has 1 heterocycles. The molecule has 1 aromatic carbocycles. The molecule has 4 N–H and O–H groups in total. The third-order valence-electron chi connectivity index (χ3n) is 5.38. The summed E-state index contributed by atoms with van der Waals surface area (Å²) in [6.07, 6.45) is 9.76. The molecule has 2 unspecified atom stereocenters. The normalized spacial score (nSPS) is 23.4. The lowest BCUT2D eigenvalue weighted by Gasteiger charge is -2.35. The van der Waals surface area contributed by atoms with Crippen LogP contribution in [0.3, 0.4) is 0 Å². The largest absolute Gasteiger partial charge is 0.481 e. The highest BCUT2D eigenvalue weighted by molar-refractivity contribution is 8.04. The number of fused-ring (bicyclic) bond motifs is 1. The summed E-state index contributed by atoms with van der Waals surface area (Å²) < 4.78 is 0. The molecule has 7 heteroatoms. The van der Waals surface area contributed by atoms with E-state index in [0.717, 1.165) is 16.2 Å². The number of primary amides is 1. The number of anilines is 1. The fraction of sp³-hybridized carbons (Fsp3) is 0.261. The van der Waals surface area contributed by atoms with E-state index in [1.165, 1.54) is 11.8 Å². The van der Waals surface area contributed by atoms with Crippen molar-refractivity contribution in [2.75, 3.05) is 5.32 Å². The topological polar surface area (TPSA) is 109 Å². The average molecular weight is 425 g/mol. The Morgan fingerprint density at radius 2 is 2.10 bits per heavy atom. The number of benzene rings is 1. The van der Waals surface area contributed by atoms with E-state index < -0.39 is 23.2 Å². The van der Waals surface area contributed by atoms with Crippen molar-refractivity contribution >= 4 is 35.2 Å². The summed E-state index contributed by atoms with van der Waals surface area (Å²) in [6.45, 7) is 3.46. The number of para-hydroxylation sites is 1.